The lowest BCUT2D eigenvalue weighted by atomic mass is 10.2. The fraction of sp³-hybridized carbons (Fsp3) is 0.688. The molecule has 0 radical (unpaired) electrons. The molecule has 1 aliphatic rings. The van der Waals surface area contributed by atoms with Crippen LogP contribution in [0.25, 0.3) is 11.2 Å². The Bertz CT molecular complexity index is 695. The van der Waals surface area contributed by atoms with Crippen molar-refractivity contribution < 1.29 is 14.9 Å². The summed E-state index contributed by atoms with van der Waals surface area (Å²) in [6.07, 6.45) is 5.31. The summed E-state index contributed by atoms with van der Waals surface area (Å²) in [5, 5.41) is 16.2. The van der Waals surface area contributed by atoms with Crippen LogP contribution in [-0.4, -0.2) is 73.2 Å². The first-order valence-corrected chi connectivity index (χ1v) is 8.61. The number of fused-ring (bicyclic) bond motifs is 1. The van der Waals surface area contributed by atoms with Gasteiger partial charge in [-0.2, -0.15) is 0 Å². The Balaban J connectivity index is 0.000000431. The third-order valence-corrected chi connectivity index (χ3v) is 3.81. The highest BCUT2D eigenvalue weighted by Gasteiger charge is 2.28. The number of aromatic nitrogens is 4. The second-order valence-corrected chi connectivity index (χ2v) is 6.92. The van der Waals surface area contributed by atoms with Crippen molar-refractivity contribution in [3.05, 3.63) is 12.7 Å². The fourth-order valence-corrected chi connectivity index (χ4v) is 2.77. The Morgan fingerprint density at radius 2 is 2.00 bits per heavy atom. The summed E-state index contributed by atoms with van der Waals surface area (Å²) in [5.41, 5.74) is 12.7. The van der Waals surface area contributed by atoms with E-state index in [9.17, 15) is 0 Å². The molecule has 1 aliphatic heterocycles. The predicted octanol–water partition coefficient (Wildman–Crippen LogP) is -0.316. The van der Waals surface area contributed by atoms with Gasteiger partial charge in [0.15, 0.2) is 17.3 Å². The first-order chi connectivity index (χ1) is 12.2. The molecule has 2 aromatic rings. The molecule has 0 saturated carbocycles. The zero-order valence-corrected chi connectivity index (χ0v) is 15.5. The van der Waals surface area contributed by atoms with Gasteiger partial charge in [-0.25, -0.2) is 15.0 Å². The molecular weight excluding hydrogens is 338 g/mol. The average molecular weight is 367 g/mol. The second-order valence-electron chi connectivity index (χ2n) is 6.92. The first-order valence-electron chi connectivity index (χ1n) is 8.61. The highest BCUT2D eigenvalue weighted by Crippen LogP contribution is 2.31. The smallest absolute Gasteiger partial charge is 0.167 e. The van der Waals surface area contributed by atoms with E-state index >= 15 is 0 Å². The van der Waals surface area contributed by atoms with Gasteiger partial charge in [0.25, 0.3) is 0 Å². The highest BCUT2D eigenvalue weighted by molar-refractivity contribution is 5.81. The monoisotopic (exact) mass is 367 g/mol. The molecule has 0 bridgehead atoms. The SMILES string of the molecule is CC(C)(O)O.CN(CCN)CC1CCC(n2cnc3c(N)ncnc32)O1. The van der Waals surface area contributed by atoms with Crippen molar-refractivity contribution in [2.24, 2.45) is 5.73 Å². The van der Waals surface area contributed by atoms with Gasteiger partial charge in [-0.1, -0.05) is 0 Å². The lowest BCUT2D eigenvalue weighted by Crippen LogP contribution is -2.32. The Morgan fingerprint density at radius 1 is 1.31 bits per heavy atom. The van der Waals surface area contributed by atoms with Gasteiger partial charge in [0.1, 0.15) is 18.1 Å². The van der Waals surface area contributed by atoms with Gasteiger partial charge in [-0.15, -0.1) is 0 Å². The maximum absolute atomic E-state index is 8.08. The maximum Gasteiger partial charge on any atom is 0.167 e. The van der Waals surface area contributed by atoms with Crippen LogP contribution < -0.4 is 11.5 Å². The quantitative estimate of drug-likeness (QED) is 0.522. The Kier molecular flexibility index (Phi) is 6.84. The van der Waals surface area contributed by atoms with Gasteiger partial charge in [0, 0.05) is 19.6 Å². The van der Waals surface area contributed by atoms with E-state index in [2.05, 4.69) is 26.9 Å². The van der Waals surface area contributed by atoms with Crippen molar-refractivity contribution in [3.63, 3.8) is 0 Å². The third kappa shape index (κ3) is 5.85. The molecule has 2 unspecified atom stereocenters. The summed E-state index contributed by atoms with van der Waals surface area (Å²) in [4.78, 5) is 14.7. The summed E-state index contributed by atoms with van der Waals surface area (Å²) in [6.45, 7) is 5.02. The van der Waals surface area contributed by atoms with E-state index in [0.717, 1.165) is 31.6 Å². The van der Waals surface area contributed by atoms with Crippen LogP contribution in [0.1, 0.15) is 32.9 Å². The maximum atomic E-state index is 8.08. The van der Waals surface area contributed by atoms with Crippen LogP contribution in [0.2, 0.25) is 0 Å². The number of hydrogen-bond acceptors (Lipinski definition) is 9. The van der Waals surface area contributed by atoms with Crippen molar-refractivity contribution in [3.8, 4) is 0 Å². The molecule has 3 heterocycles. The van der Waals surface area contributed by atoms with Crippen LogP contribution in [0.3, 0.4) is 0 Å². The van der Waals surface area contributed by atoms with Crippen molar-refractivity contribution in [2.75, 3.05) is 32.4 Å². The van der Waals surface area contributed by atoms with E-state index in [1.54, 1.807) is 6.33 Å². The molecule has 0 spiro atoms. The molecule has 1 fully saturated rings. The minimum Gasteiger partial charge on any atom is -0.382 e. The molecule has 1 saturated heterocycles. The normalized spacial score (nSPS) is 20.4. The largest absolute Gasteiger partial charge is 0.382 e. The predicted molar refractivity (Wildman–Crippen MR) is 97.9 cm³/mol. The summed E-state index contributed by atoms with van der Waals surface area (Å²) in [6, 6.07) is 0. The number of rotatable bonds is 5. The van der Waals surface area contributed by atoms with Crippen LogP contribution in [-0.2, 0) is 4.74 Å². The molecule has 0 aliphatic carbocycles. The Morgan fingerprint density at radius 3 is 2.65 bits per heavy atom. The summed E-state index contributed by atoms with van der Waals surface area (Å²) in [5.74, 6) is -1.10. The van der Waals surface area contributed by atoms with E-state index in [1.165, 1.54) is 20.2 Å². The molecule has 0 amide bonds. The number of ether oxygens (including phenoxy) is 1. The van der Waals surface area contributed by atoms with Crippen molar-refractivity contribution in [2.45, 2.75) is 44.8 Å². The number of nitrogens with two attached hydrogens (primary N) is 2. The van der Waals surface area contributed by atoms with Gasteiger partial charge >= 0.3 is 0 Å². The topological polar surface area (TPSA) is 149 Å². The molecule has 146 valence electrons. The van der Waals surface area contributed by atoms with Crippen molar-refractivity contribution in [1.29, 1.82) is 0 Å². The molecule has 3 rings (SSSR count). The number of aliphatic hydroxyl groups is 2. The summed E-state index contributed by atoms with van der Waals surface area (Å²) in [7, 11) is 2.06. The fourth-order valence-electron chi connectivity index (χ4n) is 2.77. The van der Waals surface area contributed by atoms with Gasteiger partial charge in [0.2, 0.25) is 0 Å². The van der Waals surface area contributed by atoms with E-state index in [-0.39, 0.29) is 12.3 Å². The molecular formula is C16H29N7O3. The van der Waals surface area contributed by atoms with E-state index in [0.29, 0.717) is 17.9 Å². The molecule has 2 atom stereocenters. The number of nitrogens with zero attached hydrogens (tertiary/aromatic N) is 5. The molecule has 6 N–H and O–H groups in total. The Labute approximate surface area is 152 Å². The number of nitrogen functional groups attached to an aromatic ring is 1. The standard InChI is InChI=1S/C13H21N7O.C3H8O2/c1-19(5-4-14)6-9-2-3-10(21-9)20-8-18-11-12(15)16-7-17-13(11)20;1-3(2,4)5/h7-10H,2-6,14H2,1H3,(H2,15,16,17);4-5H,1-2H3. The van der Waals surface area contributed by atoms with E-state index in [1.807, 2.05) is 4.57 Å². The molecule has 0 aromatic carbocycles. The zero-order valence-electron chi connectivity index (χ0n) is 15.5. The number of likely N-dealkylation sites (N-methyl/N-ethyl adjacent to an activating group) is 1. The van der Waals surface area contributed by atoms with Gasteiger partial charge in [0.05, 0.1) is 12.4 Å². The van der Waals surface area contributed by atoms with Gasteiger partial charge in [-0.3, -0.25) is 4.57 Å². The number of anilines is 1. The lowest BCUT2D eigenvalue weighted by molar-refractivity contribution is -0.127. The van der Waals surface area contributed by atoms with Crippen LogP contribution in [0, 0.1) is 0 Å². The zero-order chi connectivity index (χ0) is 19.3. The van der Waals surface area contributed by atoms with Crippen LogP contribution >= 0.6 is 0 Å². The minimum atomic E-state index is -1.50. The van der Waals surface area contributed by atoms with E-state index < -0.39 is 5.79 Å². The molecule has 2 aromatic heterocycles. The van der Waals surface area contributed by atoms with Gasteiger partial charge < -0.3 is 31.3 Å². The van der Waals surface area contributed by atoms with Crippen molar-refractivity contribution in [1.82, 2.24) is 24.4 Å². The molecule has 10 heteroatoms. The number of imidazole rings is 1. The third-order valence-electron chi connectivity index (χ3n) is 3.81. The number of hydrogen-bond donors (Lipinski definition) is 4. The summed E-state index contributed by atoms with van der Waals surface area (Å²) >= 11 is 0. The summed E-state index contributed by atoms with van der Waals surface area (Å²) < 4.78 is 8.05. The lowest BCUT2D eigenvalue weighted by Gasteiger charge is -2.21. The van der Waals surface area contributed by atoms with Crippen LogP contribution in [0.4, 0.5) is 5.82 Å². The van der Waals surface area contributed by atoms with Crippen LogP contribution in [0.15, 0.2) is 12.7 Å². The average Bonchev–Trinajstić information content (AvgIpc) is 3.13. The van der Waals surface area contributed by atoms with E-state index in [4.69, 9.17) is 26.4 Å². The minimum absolute atomic E-state index is 0.0411. The highest BCUT2D eigenvalue weighted by atomic mass is 16.5. The molecule has 26 heavy (non-hydrogen) atoms. The van der Waals surface area contributed by atoms with Crippen molar-refractivity contribution >= 4 is 17.0 Å². The molecule has 10 nitrogen and oxygen atoms in total. The van der Waals surface area contributed by atoms with Gasteiger partial charge in [-0.05, 0) is 33.7 Å². The second kappa shape index (κ2) is 8.69. The van der Waals surface area contributed by atoms with Crippen LogP contribution in [0.5, 0.6) is 0 Å². The first kappa shape index (κ1) is 20.5. The Hall–Kier alpha value is -1.85.